The summed E-state index contributed by atoms with van der Waals surface area (Å²) in [4.78, 5) is 28.2. The first kappa shape index (κ1) is 25.8. The zero-order valence-corrected chi connectivity index (χ0v) is 21.4. The van der Waals surface area contributed by atoms with Gasteiger partial charge >= 0.3 is 5.97 Å². The number of nitrogens with one attached hydrogen (secondary N) is 1. The quantitative estimate of drug-likeness (QED) is 0.207. The molecule has 5 rings (SSSR count). The highest BCUT2D eigenvalue weighted by Gasteiger charge is 2.14. The number of aromatic nitrogens is 1. The number of benzene rings is 4. The van der Waals surface area contributed by atoms with E-state index in [-0.39, 0.29) is 28.6 Å². The van der Waals surface area contributed by atoms with E-state index in [9.17, 15) is 14.7 Å². The van der Waals surface area contributed by atoms with Crippen LogP contribution < -0.4 is 14.8 Å². The topological polar surface area (TPSA) is 97.8 Å². The van der Waals surface area contributed by atoms with Crippen molar-refractivity contribution in [3.63, 3.8) is 0 Å². The van der Waals surface area contributed by atoms with Crippen LogP contribution in [0, 0.1) is 0 Å². The van der Waals surface area contributed by atoms with E-state index in [1.165, 1.54) is 18.2 Å². The summed E-state index contributed by atoms with van der Waals surface area (Å²) in [6, 6.07) is 29.3. The third-order valence-corrected chi connectivity index (χ3v) is 6.14. The van der Waals surface area contributed by atoms with Crippen molar-refractivity contribution in [1.29, 1.82) is 0 Å². The van der Waals surface area contributed by atoms with Crippen LogP contribution in [0.15, 0.2) is 103 Å². The van der Waals surface area contributed by atoms with Gasteiger partial charge in [0.1, 0.15) is 18.1 Å². The molecule has 0 unspecified atom stereocenters. The van der Waals surface area contributed by atoms with Crippen LogP contribution in [0.1, 0.15) is 21.5 Å². The smallest absolute Gasteiger partial charge is 0.337 e. The number of amides is 1. The van der Waals surface area contributed by atoms with Gasteiger partial charge in [0.05, 0.1) is 17.7 Å². The highest BCUT2D eigenvalue weighted by atomic mass is 35.5. The van der Waals surface area contributed by atoms with Crippen molar-refractivity contribution in [3.05, 3.63) is 125 Å². The highest BCUT2D eigenvalue weighted by Crippen LogP contribution is 2.28. The number of aromatic carboxylic acids is 1. The van der Waals surface area contributed by atoms with Gasteiger partial charge in [-0.2, -0.15) is 0 Å². The van der Waals surface area contributed by atoms with E-state index in [0.717, 1.165) is 22.1 Å². The van der Waals surface area contributed by atoms with Gasteiger partial charge in [-0.3, -0.25) is 4.79 Å². The predicted octanol–water partition coefficient (Wildman–Crippen LogP) is 7.14. The molecule has 0 atom stereocenters. The number of anilines is 1. The number of carboxylic acid groups (broad SMARTS) is 1. The minimum atomic E-state index is -1.18. The number of carbonyl (C=O) groups excluding carboxylic acids is 1. The van der Waals surface area contributed by atoms with Crippen LogP contribution in [0.2, 0.25) is 5.02 Å². The highest BCUT2D eigenvalue weighted by molar-refractivity contribution is 6.31. The Morgan fingerprint density at radius 3 is 2.28 bits per heavy atom. The van der Waals surface area contributed by atoms with Gasteiger partial charge in [-0.05, 0) is 64.4 Å². The fourth-order valence-corrected chi connectivity index (χ4v) is 4.15. The average Bonchev–Trinajstić information content (AvgIpc) is 2.94. The zero-order chi connectivity index (χ0) is 27.2. The lowest BCUT2D eigenvalue weighted by molar-refractivity contribution is -0.115. The lowest BCUT2D eigenvalue weighted by atomic mass is 10.1. The van der Waals surface area contributed by atoms with Crippen molar-refractivity contribution >= 4 is 39.9 Å². The second kappa shape index (κ2) is 11.7. The molecule has 0 saturated heterocycles. The number of hydrogen-bond donors (Lipinski definition) is 2. The van der Waals surface area contributed by atoms with Crippen molar-refractivity contribution < 1.29 is 24.2 Å². The van der Waals surface area contributed by atoms with E-state index in [1.807, 2.05) is 66.7 Å². The maximum atomic E-state index is 12.5. The number of rotatable bonds is 9. The summed E-state index contributed by atoms with van der Waals surface area (Å²) in [6.45, 7) is 0.501. The maximum Gasteiger partial charge on any atom is 0.337 e. The largest absolute Gasteiger partial charge is 0.489 e. The molecule has 5 aromatic rings. The average molecular weight is 539 g/mol. The molecule has 0 aliphatic carbocycles. The van der Waals surface area contributed by atoms with Crippen molar-refractivity contribution in [2.75, 3.05) is 5.32 Å². The summed E-state index contributed by atoms with van der Waals surface area (Å²) in [5.74, 6) is 0.240. The van der Waals surface area contributed by atoms with Crippen molar-refractivity contribution in [2.45, 2.75) is 13.0 Å². The molecule has 0 saturated carbocycles. The third-order valence-electron chi connectivity index (χ3n) is 5.90. The predicted molar refractivity (Wildman–Crippen MR) is 150 cm³/mol. The van der Waals surface area contributed by atoms with Crippen molar-refractivity contribution in [2.24, 2.45) is 0 Å². The van der Waals surface area contributed by atoms with E-state index in [0.29, 0.717) is 23.8 Å². The van der Waals surface area contributed by atoms with Gasteiger partial charge in [0.15, 0.2) is 0 Å². The molecule has 1 amide bonds. The Kier molecular flexibility index (Phi) is 7.70. The second-order valence-corrected chi connectivity index (χ2v) is 9.21. The summed E-state index contributed by atoms with van der Waals surface area (Å²) in [6.07, 6.45) is 1.56. The van der Waals surface area contributed by atoms with E-state index < -0.39 is 5.97 Å². The molecule has 0 bridgehead atoms. The zero-order valence-electron chi connectivity index (χ0n) is 20.6. The molecule has 39 heavy (non-hydrogen) atoms. The number of carbonyl (C=O) groups is 2. The second-order valence-electron chi connectivity index (χ2n) is 8.77. The molecule has 7 nitrogen and oxygen atoms in total. The van der Waals surface area contributed by atoms with E-state index >= 15 is 0 Å². The first-order valence-corrected chi connectivity index (χ1v) is 12.5. The summed E-state index contributed by atoms with van der Waals surface area (Å²) in [7, 11) is 0. The molecule has 1 heterocycles. The number of nitrogens with zero attached hydrogens (tertiary/aromatic N) is 1. The van der Waals surface area contributed by atoms with Crippen LogP contribution in [0.4, 0.5) is 5.69 Å². The van der Waals surface area contributed by atoms with Gasteiger partial charge in [0.25, 0.3) is 0 Å². The van der Waals surface area contributed by atoms with Crippen molar-refractivity contribution in [3.8, 4) is 17.4 Å². The molecule has 2 N–H and O–H groups in total. The molecule has 0 spiro atoms. The molecular weight excluding hydrogens is 516 g/mol. The Labute approximate surface area is 229 Å². The number of hydrogen-bond acceptors (Lipinski definition) is 5. The number of pyridine rings is 1. The minimum absolute atomic E-state index is 0.0135. The van der Waals surface area contributed by atoms with E-state index in [4.69, 9.17) is 21.1 Å². The molecule has 1 aromatic heterocycles. The Bertz CT molecular complexity index is 1640. The number of carboxylic acids is 1. The minimum Gasteiger partial charge on any atom is -0.489 e. The molecule has 4 aromatic carbocycles. The lowest BCUT2D eigenvalue weighted by Gasteiger charge is -2.10. The Hall–Kier alpha value is -4.88. The molecule has 0 radical (unpaired) electrons. The van der Waals surface area contributed by atoms with Gasteiger partial charge in [-0.1, -0.05) is 60.1 Å². The number of halogens is 1. The summed E-state index contributed by atoms with van der Waals surface area (Å²) in [5.41, 5.74) is 1.85. The van der Waals surface area contributed by atoms with Crippen LogP contribution in [-0.4, -0.2) is 22.0 Å². The van der Waals surface area contributed by atoms with Crippen molar-refractivity contribution in [1.82, 2.24) is 4.98 Å². The van der Waals surface area contributed by atoms with Gasteiger partial charge in [0.2, 0.25) is 11.8 Å². The Morgan fingerprint density at radius 2 is 1.56 bits per heavy atom. The maximum absolute atomic E-state index is 12.5. The van der Waals surface area contributed by atoms with Crippen LogP contribution in [0.25, 0.3) is 10.8 Å². The van der Waals surface area contributed by atoms with E-state index in [1.54, 1.807) is 18.3 Å². The van der Waals surface area contributed by atoms with Crippen LogP contribution in [-0.2, 0) is 17.8 Å². The summed E-state index contributed by atoms with van der Waals surface area (Å²) in [5, 5.41) is 14.2. The molecule has 0 aliphatic heterocycles. The standard InChI is InChI=1S/C31H23ClN2O5/c32-24-9-12-28(27(17-24)31(36)37)34-29(35)14-21-6-13-30(33-18-21)39-26-11-8-22-15-25(10-7-23(22)16-26)38-19-20-4-2-1-3-5-20/h1-13,15-18H,14,19H2,(H,34,35)(H,36,37). The Morgan fingerprint density at radius 1 is 0.821 bits per heavy atom. The Balaban J connectivity index is 1.19. The van der Waals surface area contributed by atoms with Gasteiger partial charge in [-0.25, -0.2) is 9.78 Å². The first-order valence-electron chi connectivity index (χ1n) is 12.1. The SMILES string of the molecule is O=C(Cc1ccc(Oc2ccc3cc(OCc4ccccc4)ccc3c2)nc1)Nc1ccc(Cl)cc1C(=O)O. The summed E-state index contributed by atoms with van der Waals surface area (Å²) < 4.78 is 11.8. The fourth-order valence-electron chi connectivity index (χ4n) is 3.97. The van der Waals surface area contributed by atoms with Crippen LogP contribution in [0.5, 0.6) is 17.4 Å². The molecule has 0 fully saturated rings. The van der Waals surface area contributed by atoms with Crippen LogP contribution in [0.3, 0.4) is 0 Å². The first-order chi connectivity index (χ1) is 18.9. The molecule has 194 valence electrons. The van der Waals surface area contributed by atoms with Gasteiger partial charge in [0, 0.05) is 17.3 Å². The summed E-state index contributed by atoms with van der Waals surface area (Å²) >= 11 is 5.86. The van der Waals surface area contributed by atoms with Gasteiger partial charge in [-0.15, -0.1) is 0 Å². The number of ether oxygens (including phenoxy) is 2. The third kappa shape index (κ3) is 6.71. The van der Waals surface area contributed by atoms with Crippen LogP contribution >= 0.6 is 11.6 Å². The number of fused-ring (bicyclic) bond motifs is 1. The molecular formula is C31H23ClN2O5. The molecule has 0 aliphatic rings. The monoisotopic (exact) mass is 538 g/mol. The fraction of sp³-hybridized carbons (Fsp3) is 0.0645. The normalized spacial score (nSPS) is 10.7. The van der Waals surface area contributed by atoms with Gasteiger partial charge < -0.3 is 19.9 Å². The molecule has 8 heteroatoms. The lowest BCUT2D eigenvalue weighted by Crippen LogP contribution is -2.17. The van der Waals surface area contributed by atoms with E-state index in [2.05, 4.69) is 10.3 Å².